The van der Waals surface area contributed by atoms with Crippen LogP contribution in [0.3, 0.4) is 0 Å². The standard InChI is InChI=1S/C18H26BrNO2/c1-5-12(3)15-8-7-9-16(18(15)13(4)6-2)20-17(22)10-14(21)11-19/h7-9,12-13H,5-6,10-11H2,1-4H3,(H,20,22). The number of carbonyl (C=O) groups is 2. The van der Waals surface area contributed by atoms with Gasteiger partial charge in [-0.1, -0.05) is 55.8 Å². The number of nitrogens with one attached hydrogen (secondary N) is 1. The van der Waals surface area contributed by atoms with Gasteiger partial charge in [-0.3, -0.25) is 9.59 Å². The van der Waals surface area contributed by atoms with Crippen molar-refractivity contribution in [2.24, 2.45) is 0 Å². The van der Waals surface area contributed by atoms with E-state index in [1.54, 1.807) is 0 Å². The molecule has 2 atom stereocenters. The quantitative estimate of drug-likeness (QED) is 0.518. The maximum absolute atomic E-state index is 12.0. The third kappa shape index (κ3) is 4.94. The second-order valence-corrected chi connectivity index (χ2v) is 6.39. The fourth-order valence-corrected chi connectivity index (χ4v) is 2.71. The van der Waals surface area contributed by atoms with Gasteiger partial charge in [0.1, 0.15) is 0 Å². The number of Topliss-reactive ketones (excluding diaryl/α,β-unsaturated/α-hetero) is 1. The van der Waals surface area contributed by atoms with Crippen LogP contribution in [0.25, 0.3) is 0 Å². The van der Waals surface area contributed by atoms with Crippen molar-refractivity contribution in [1.82, 2.24) is 0 Å². The summed E-state index contributed by atoms with van der Waals surface area (Å²) in [6.45, 7) is 8.71. The van der Waals surface area contributed by atoms with Gasteiger partial charge in [0, 0.05) is 5.69 Å². The highest BCUT2D eigenvalue weighted by Crippen LogP contribution is 2.35. The van der Waals surface area contributed by atoms with E-state index in [0.717, 1.165) is 18.5 Å². The minimum Gasteiger partial charge on any atom is -0.325 e. The molecule has 1 aromatic rings. The van der Waals surface area contributed by atoms with Gasteiger partial charge in [-0.2, -0.15) is 0 Å². The Bertz CT molecular complexity index is 528. The Hall–Kier alpha value is -1.16. The maximum atomic E-state index is 12.0. The lowest BCUT2D eigenvalue weighted by atomic mass is 9.85. The number of benzene rings is 1. The van der Waals surface area contributed by atoms with Crippen LogP contribution in [0.2, 0.25) is 0 Å². The molecule has 0 heterocycles. The molecule has 0 spiro atoms. The molecule has 4 heteroatoms. The Morgan fingerprint density at radius 3 is 2.32 bits per heavy atom. The minimum atomic E-state index is -0.240. The molecule has 1 amide bonds. The number of amides is 1. The SMILES string of the molecule is CCC(C)c1cccc(NC(=O)CC(=O)CBr)c1C(C)CC. The van der Waals surface area contributed by atoms with Gasteiger partial charge >= 0.3 is 0 Å². The van der Waals surface area contributed by atoms with Crippen molar-refractivity contribution in [3.05, 3.63) is 29.3 Å². The van der Waals surface area contributed by atoms with E-state index in [1.807, 2.05) is 12.1 Å². The van der Waals surface area contributed by atoms with E-state index in [2.05, 4.69) is 55.0 Å². The number of rotatable bonds is 8. The van der Waals surface area contributed by atoms with Crippen molar-refractivity contribution in [2.75, 3.05) is 10.6 Å². The third-order valence-electron chi connectivity index (χ3n) is 4.17. The van der Waals surface area contributed by atoms with Crippen LogP contribution >= 0.6 is 15.9 Å². The first kappa shape index (κ1) is 18.9. The number of alkyl halides is 1. The van der Waals surface area contributed by atoms with Gasteiger partial charge in [0.05, 0.1) is 11.8 Å². The largest absolute Gasteiger partial charge is 0.325 e. The highest BCUT2D eigenvalue weighted by Gasteiger charge is 2.19. The van der Waals surface area contributed by atoms with Crippen LogP contribution < -0.4 is 5.32 Å². The van der Waals surface area contributed by atoms with Gasteiger partial charge < -0.3 is 5.32 Å². The van der Waals surface area contributed by atoms with Crippen molar-refractivity contribution in [2.45, 2.75) is 58.8 Å². The summed E-state index contributed by atoms with van der Waals surface area (Å²) in [5.74, 6) is 0.466. The molecule has 0 bridgehead atoms. The zero-order valence-corrected chi connectivity index (χ0v) is 15.5. The fourth-order valence-electron chi connectivity index (χ4n) is 2.52. The average Bonchev–Trinajstić information content (AvgIpc) is 2.52. The van der Waals surface area contributed by atoms with Gasteiger partial charge in [0.25, 0.3) is 0 Å². The second-order valence-electron chi connectivity index (χ2n) is 5.82. The normalized spacial score (nSPS) is 13.5. The number of halogens is 1. The van der Waals surface area contributed by atoms with Crippen LogP contribution in [0, 0.1) is 0 Å². The second kappa shape index (κ2) is 9.09. The van der Waals surface area contributed by atoms with E-state index in [4.69, 9.17) is 0 Å². The van der Waals surface area contributed by atoms with E-state index in [1.165, 1.54) is 11.1 Å². The smallest absolute Gasteiger partial charge is 0.231 e. The van der Waals surface area contributed by atoms with Crippen LogP contribution in [0.4, 0.5) is 5.69 Å². The summed E-state index contributed by atoms with van der Waals surface area (Å²) in [5.41, 5.74) is 3.35. The number of anilines is 1. The third-order valence-corrected chi connectivity index (χ3v) is 4.79. The zero-order valence-electron chi connectivity index (χ0n) is 13.9. The summed E-state index contributed by atoms with van der Waals surface area (Å²) in [6.07, 6.45) is 1.98. The number of hydrogen-bond acceptors (Lipinski definition) is 2. The van der Waals surface area contributed by atoms with Gasteiger partial charge in [0.2, 0.25) is 5.91 Å². The molecule has 0 radical (unpaired) electrons. The summed E-state index contributed by atoms with van der Waals surface area (Å²) in [5, 5.41) is 3.14. The van der Waals surface area contributed by atoms with Crippen molar-refractivity contribution in [1.29, 1.82) is 0 Å². The lowest BCUT2D eigenvalue weighted by Crippen LogP contribution is -2.19. The molecule has 2 unspecified atom stereocenters. The Morgan fingerprint density at radius 2 is 1.77 bits per heavy atom. The molecule has 0 fully saturated rings. The maximum Gasteiger partial charge on any atom is 0.231 e. The molecule has 122 valence electrons. The Balaban J connectivity index is 3.12. The van der Waals surface area contributed by atoms with E-state index in [-0.39, 0.29) is 23.4 Å². The summed E-state index contributed by atoms with van der Waals surface area (Å²) in [6, 6.07) is 6.06. The van der Waals surface area contributed by atoms with Gasteiger partial charge in [-0.05, 0) is 41.9 Å². The van der Waals surface area contributed by atoms with E-state index in [0.29, 0.717) is 11.8 Å². The summed E-state index contributed by atoms with van der Waals surface area (Å²) in [7, 11) is 0. The molecule has 3 nitrogen and oxygen atoms in total. The molecular formula is C18H26BrNO2. The molecule has 1 rings (SSSR count). The van der Waals surface area contributed by atoms with Crippen LogP contribution in [0.15, 0.2) is 18.2 Å². The summed E-state index contributed by atoms with van der Waals surface area (Å²) < 4.78 is 0. The number of carbonyl (C=O) groups excluding carboxylic acids is 2. The molecular weight excluding hydrogens is 342 g/mol. The van der Waals surface area contributed by atoms with Crippen LogP contribution in [0.1, 0.15) is 69.9 Å². The molecule has 1 N–H and O–H groups in total. The molecule has 22 heavy (non-hydrogen) atoms. The molecule has 0 aliphatic rings. The van der Waals surface area contributed by atoms with Crippen LogP contribution in [-0.4, -0.2) is 17.0 Å². The van der Waals surface area contributed by atoms with Gasteiger partial charge in [-0.15, -0.1) is 0 Å². The monoisotopic (exact) mass is 367 g/mol. The van der Waals surface area contributed by atoms with E-state index >= 15 is 0 Å². The van der Waals surface area contributed by atoms with Crippen molar-refractivity contribution in [3.63, 3.8) is 0 Å². The lowest BCUT2D eigenvalue weighted by Gasteiger charge is -2.23. The Morgan fingerprint density at radius 1 is 1.14 bits per heavy atom. The molecule has 0 aromatic heterocycles. The fraction of sp³-hybridized carbons (Fsp3) is 0.556. The highest BCUT2D eigenvalue weighted by molar-refractivity contribution is 9.09. The van der Waals surface area contributed by atoms with Crippen LogP contribution in [-0.2, 0) is 9.59 Å². The zero-order chi connectivity index (χ0) is 16.7. The topological polar surface area (TPSA) is 46.2 Å². The van der Waals surface area contributed by atoms with Crippen molar-refractivity contribution >= 4 is 33.3 Å². The van der Waals surface area contributed by atoms with E-state index in [9.17, 15) is 9.59 Å². The van der Waals surface area contributed by atoms with Gasteiger partial charge in [0.15, 0.2) is 5.78 Å². The Kier molecular flexibility index (Phi) is 7.80. The molecule has 0 saturated carbocycles. The minimum absolute atomic E-state index is 0.0846. The van der Waals surface area contributed by atoms with Crippen LogP contribution in [0.5, 0.6) is 0 Å². The first-order valence-corrected chi connectivity index (χ1v) is 9.06. The molecule has 0 aliphatic heterocycles. The lowest BCUT2D eigenvalue weighted by molar-refractivity contribution is -0.123. The van der Waals surface area contributed by atoms with Crippen molar-refractivity contribution < 1.29 is 9.59 Å². The van der Waals surface area contributed by atoms with E-state index < -0.39 is 0 Å². The predicted molar refractivity (Wildman–Crippen MR) is 95.9 cm³/mol. The number of ketones is 1. The summed E-state index contributed by atoms with van der Waals surface area (Å²) in [4.78, 5) is 23.4. The summed E-state index contributed by atoms with van der Waals surface area (Å²) >= 11 is 3.09. The molecule has 0 saturated heterocycles. The first-order valence-electron chi connectivity index (χ1n) is 7.94. The Labute approximate surface area is 142 Å². The predicted octanol–water partition coefficient (Wildman–Crippen LogP) is 5.01. The van der Waals surface area contributed by atoms with Crippen molar-refractivity contribution in [3.8, 4) is 0 Å². The molecule has 0 aliphatic carbocycles. The van der Waals surface area contributed by atoms with Gasteiger partial charge in [-0.25, -0.2) is 0 Å². The number of hydrogen-bond donors (Lipinski definition) is 1. The first-order chi connectivity index (χ1) is 10.4. The highest BCUT2D eigenvalue weighted by atomic mass is 79.9. The molecule has 1 aromatic carbocycles. The average molecular weight is 368 g/mol.